The SMILES string of the molecule is CCOC(=O)N1CCC(Nc2ccc(C(=O)N3CCCCC3)nn2)CC1. The lowest BCUT2D eigenvalue weighted by Crippen LogP contribution is -2.42. The van der Waals surface area contributed by atoms with Crippen molar-refractivity contribution in [2.24, 2.45) is 0 Å². The molecule has 2 fully saturated rings. The standard InChI is InChI=1S/C18H27N5O3/c1-2-26-18(25)23-12-8-14(9-13-23)19-16-7-6-15(20-21-16)17(24)22-10-4-3-5-11-22/h6-7,14H,2-5,8-13H2,1H3,(H,19,21). The summed E-state index contributed by atoms with van der Waals surface area (Å²) < 4.78 is 5.03. The summed E-state index contributed by atoms with van der Waals surface area (Å²) in [5.74, 6) is 0.626. The molecule has 0 aliphatic carbocycles. The Kier molecular flexibility index (Phi) is 6.25. The van der Waals surface area contributed by atoms with Crippen LogP contribution in [0.25, 0.3) is 0 Å². The molecule has 0 radical (unpaired) electrons. The minimum absolute atomic E-state index is 0.0357. The third-order valence-electron chi connectivity index (χ3n) is 4.90. The zero-order valence-electron chi connectivity index (χ0n) is 15.3. The number of nitrogens with one attached hydrogen (secondary N) is 1. The van der Waals surface area contributed by atoms with E-state index in [4.69, 9.17) is 4.74 Å². The van der Waals surface area contributed by atoms with Crippen LogP contribution >= 0.6 is 0 Å². The van der Waals surface area contributed by atoms with Gasteiger partial charge in [-0.1, -0.05) is 0 Å². The summed E-state index contributed by atoms with van der Waals surface area (Å²) in [7, 11) is 0. The van der Waals surface area contributed by atoms with Gasteiger partial charge in [0.2, 0.25) is 0 Å². The number of piperidine rings is 2. The highest BCUT2D eigenvalue weighted by Crippen LogP contribution is 2.17. The molecule has 2 aliphatic rings. The fraction of sp³-hybridized carbons (Fsp3) is 0.667. The van der Waals surface area contributed by atoms with E-state index in [1.165, 1.54) is 6.42 Å². The predicted octanol–water partition coefficient (Wildman–Crippen LogP) is 2.14. The minimum Gasteiger partial charge on any atom is -0.450 e. The number of aromatic nitrogens is 2. The van der Waals surface area contributed by atoms with E-state index >= 15 is 0 Å². The maximum Gasteiger partial charge on any atom is 0.409 e. The Labute approximate surface area is 153 Å². The smallest absolute Gasteiger partial charge is 0.409 e. The van der Waals surface area contributed by atoms with Gasteiger partial charge in [-0.3, -0.25) is 4.79 Å². The molecule has 2 aliphatic heterocycles. The number of amides is 2. The third kappa shape index (κ3) is 4.62. The van der Waals surface area contributed by atoms with Gasteiger partial charge in [-0.25, -0.2) is 4.79 Å². The zero-order valence-corrected chi connectivity index (χ0v) is 15.3. The summed E-state index contributed by atoms with van der Waals surface area (Å²) >= 11 is 0. The summed E-state index contributed by atoms with van der Waals surface area (Å²) in [4.78, 5) is 27.7. The molecule has 3 heterocycles. The van der Waals surface area contributed by atoms with Crippen LogP contribution in [0.4, 0.5) is 10.6 Å². The molecule has 0 atom stereocenters. The van der Waals surface area contributed by atoms with E-state index in [2.05, 4.69) is 15.5 Å². The maximum absolute atomic E-state index is 12.4. The molecule has 1 N–H and O–H groups in total. The highest BCUT2D eigenvalue weighted by Gasteiger charge is 2.24. The number of anilines is 1. The molecule has 0 saturated carbocycles. The number of nitrogens with zero attached hydrogens (tertiary/aromatic N) is 4. The second-order valence-electron chi connectivity index (χ2n) is 6.76. The summed E-state index contributed by atoms with van der Waals surface area (Å²) in [6, 6.07) is 3.78. The maximum atomic E-state index is 12.4. The van der Waals surface area contributed by atoms with Gasteiger partial charge in [0, 0.05) is 32.2 Å². The highest BCUT2D eigenvalue weighted by atomic mass is 16.6. The first-order chi connectivity index (χ1) is 12.7. The van der Waals surface area contributed by atoms with Crippen molar-refractivity contribution in [3.8, 4) is 0 Å². The van der Waals surface area contributed by atoms with Gasteiger partial charge in [-0.05, 0) is 51.2 Å². The van der Waals surface area contributed by atoms with Crippen LogP contribution in [0.2, 0.25) is 0 Å². The molecule has 0 unspecified atom stereocenters. The second kappa shape index (κ2) is 8.82. The Balaban J connectivity index is 1.49. The Morgan fingerprint density at radius 3 is 2.42 bits per heavy atom. The van der Waals surface area contributed by atoms with E-state index in [9.17, 15) is 9.59 Å². The molecule has 1 aromatic rings. The van der Waals surface area contributed by atoms with Crippen LogP contribution < -0.4 is 5.32 Å². The molecule has 26 heavy (non-hydrogen) atoms. The van der Waals surface area contributed by atoms with Crippen molar-refractivity contribution in [2.45, 2.75) is 45.1 Å². The monoisotopic (exact) mass is 361 g/mol. The van der Waals surface area contributed by atoms with Crippen molar-refractivity contribution < 1.29 is 14.3 Å². The molecule has 0 spiro atoms. The van der Waals surface area contributed by atoms with Crippen LogP contribution in [-0.2, 0) is 4.74 Å². The van der Waals surface area contributed by atoms with Crippen molar-refractivity contribution in [3.63, 3.8) is 0 Å². The van der Waals surface area contributed by atoms with Gasteiger partial charge in [-0.15, -0.1) is 10.2 Å². The van der Waals surface area contributed by atoms with Crippen molar-refractivity contribution in [1.29, 1.82) is 0 Å². The topological polar surface area (TPSA) is 87.7 Å². The van der Waals surface area contributed by atoms with Gasteiger partial charge in [0.1, 0.15) is 5.82 Å². The number of hydrogen-bond acceptors (Lipinski definition) is 6. The molecule has 2 saturated heterocycles. The van der Waals surface area contributed by atoms with Crippen LogP contribution in [0, 0.1) is 0 Å². The summed E-state index contributed by atoms with van der Waals surface area (Å²) in [6.07, 6.45) is 4.72. The van der Waals surface area contributed by atoms with Crippen molar-refractivity contribution in [1.82, 2.24) is 20.0 Å². The Morgan fingerprint density at radius 2 is 1.81 bits per heavy atom. The quantitative estimate of drug-likeness (QED) is 0.884. The van der Waals surface area contributed by atoms with Crippen LogP contribution in [0.1, 0.15) is 49.5 Å². The van der Waals surface area contributed by atoms with Crippen molar-refractivity contribution >= 4 is 17.8 Å². The Morgan fingerprint density at radius 1 is 1.08 bits per heavy atom. The Hall–Kier alpha value is -2.38. The molecule has 1 aromatic heterocycles. The van der Waals surface area contributed by atoms with Gasteiger partial charge in [0.15, 0.2) is 5.69 Å². The molecule has 8 nitrogen and oxygen atoms in total. The van der Waals surface area contributed by atoms with Crippen LogP contribution in [-0.4, -0.2) is 70.8 Å². The zero-order chi connectivity index (χ0) is 18.4. The number of likely N-dealkylation sites (tertiary alicyclic amines) is 2. The van der Waals surface area contributed by atoms with Crippen LogP contribution in [0.3, 0.4) is 0 Å². The van der Waals surface area contributed by atoms with Gasteiger partial charge in [0.25, 0.3) is 5.91 Å². The largest absolute Gasteiger partial charge is 0.450 e. The molecular formula is C18H27N5O3. The average molecular weight is 361 g/mol. The lowest BCUT2D eigenvalue weighted by molar-refractivity contribution is 0.0717. The lowest BCUT2D eigenvalue weighted by atomic mass is 10.1. The molecule has 142 valence electrons. The summed E-state index contributed by atoms with van der Waals surface area (Å²) in [6.45, 7) is 5.14. The van der Waals surface area contributed by atoms with Crippen molar-refractivity contribution in [3.05, 3.63) is 17.8 Å². The number of rotatable bonds is 4. The normalized spacial score (nSPS) is 18.5. The lowest BCUT2D eigenvalue weighted by Gasteiger charge is -2.31. The van der Waals surface area contributed by atoms with E-state index in [-0.39, 0.29) is 18.0 Å². The van der Waals surface area contributed by atoms with Gasteiger partial charge in [0.05, 0.1) is 6.61 Å². The van der Waals surface area contributed by atoms with E-state index in [0.29, 0.717) is 31.2 Å². The first-order valence-electron chi connectivity index (χ1n) is 9.48. The molecular weight excluding hydrogens is 334 g/mol. The third-order valence-corrected chi connectivity index (χ3v) is 4.90. The van der Waals surface area contributed by atoms with E-state index < -0.39 is 0 Å². The van der Waals surface area contributed by atoms with E-state index in [0.717, 1.165) is 38.8 Å². The fourth-order valence-electron chi connectivity index (χ4n) is 3.41. The molecule has 2 amide bonds. The molecule has 0 bridgehead atoms. The van der Waals surface area contributed by atoms with Crippen LogP contribution in [0.15, 0.2) is 12.1 Å². The highest BCUT2D eigenvalue weighted by molar-refractivity contribution is 5.92. The van der Waals surface area contributed by atoms with Crippen molar-refractivity contribution in [2.75, 3.05) is 38.1 Å². The number of carbonyl (C=O) groups is 2. The van der Waals surface area contributed by atoms with Gasteiger partial charge in [-0.2, -0.15) is 0 Å². The van der Waals surface area contributed by atoms with E-state index in [1.807, 2.05) is 17.9 Å². The number of ether oxygens (including phenoxy) is 1. The number of carbonyl (C=O) groups excluding carboxylic acids is 2. The van der Waals surface area contributed by atoms with Crippen LogP contribution in [0.5, 0.6) is 0 Å². The predicted molar refractivity (Wildman–Crippen MR) is 97.0 cm³/mol. The molecule has 0 aromatic carbocycles. The summed E-state index contributed by atoms with van der Waals surface area (Å²) in [5, 5.41) is 11.6. The first kappa shape index (κ1) is 18.4. The van der Waals surface area contributed by atoms with Gasteiger partial charge >= 0.3 is 6.09 Å². The average Bonchev–Trinajstić information content (AvgIpc) is 2.69. The fourth-order valence-corrected chi connectivity index (χ4v) is 3.41. The first-order valence-corrected chi connectivity index (χ1v) is 9.48. The second-order valence-corrected chi connectivity index (χ2v) is 6.76. The molecule has 3 rings (SSSR count). The minimum atomic E-state index is -0.244. The summed E-state index contributed by atoms with van der Waals surface area (Å²) in [5.41, 5.74) is 0.398. The Bertz CT molecular complexity index is 608. The van der Waals surface area contributed by atoms with E-state index in [1.54, 1.807) is 11.0 Å². The number of hydrogen-bond donors (Lipinski definition) is 1. The molecule has 8 heteroatoms. The van der Waals surface area contributed by atoms with Gasteiger partial charge < -0.3 is 19.9 Å².